The molecule has 1 aromatic carbocycles. The van der Waals surface area contributed by atoms with Crippen LogP contribution in [0, 0.1) is 13.8 Å². The number of para-hydroxylation sites is 1. The molecular formula is C17H20N2O3S. The van der Waals surface area contributed by atoms with E-state index in [2.05, 4.69) is 5.32 Å². The van der Waals surface area contributed by atoms with E-state index < -0.39 is 5.97 Å². The van der Waals surface area contributed by atoms with Crippen LogP contribution in [-0.4, -0.2) is 32.6 Å². The van der Waals surface area contributed by atoms with Crippen LogP contribution in [0.5, 0.6) is 0 Å². The highest BCUT2D eigenvalue weighted by molar-refractivity contribution is 7.16. The van der Waals surface area contributed by atoms with Gasteiger partial charge in [-0.3, -0.25) is 4.79 Å². The molecule has 0 saturated carbocycles. The van der Waals surface area contributed by atoms with Crippen molar-refractivity contribution in [3.05, 3.63) is 46.3 Å². The summed E-state index contributed by atoms with van der Waals surface area (Å²) in [5.74, 6) is -0.610. The molecule has 122 valence electrons. The lowest BCUT2D eigenvalue weighted by molar-refractivity contribution is -0.114. The molecule has 0 aliphatic rings. The van der Waals surface area contributed by atoms with Crippen molar-refractivity contribution in [3.63, 3.8) is 0 Å². The van der Waals surface area contributed by atoms with Gasteiger partial charge in [0.2, 0.25) is 5.91 Å². The van der Waals surface area contributed by atoms with Crippen LogP contribution in [0.1, 0.15) is 20.8 Å². The highest BCUT2D eigenvalue weighted by Gasteiger charge is 2.21. The quantitative estimate of drug-likeness (QED) is 0.854. The molecular weight excluding hydrogens is 312 g/mol. The fourth-order valence-electron chi connectivity index (χ4n) is 2.22. The molecule has 23 heavy (non-hydrogen) atoms. The van der Waals surface area contributed by atoms with E-state index in [4.69, 9.17) is 4.74 Å². The molecule has 1 N–H and O–H groups in total. The van der Waals surface area contributed by atoms with Crippen molar-refractivity contribution in [2.75, 3.05) is 30.9 Å². The average molecular weight is 332 g/mol. The largest absolute Gasteiger partial charge is 0.465 e. The van der Waals surface area contributed by atoms with Gasteiger partial charge in [0.05, 0.1) is 19.2 Å². The van der Waals surface area contributed by atoms with E-state index in [1.807, 2.05) is 56.1 Å². The van der Waals surface area contributed by atoms with Crippen molar-refractivity contribution in [3.8, 4) is 0 Å². The molecule has 1 aromatic heterocycles. The molecule has 1 heterocycles. The highest BCUT2D eigenvalue weighted by atomic mass is 32.1. The number of nitrogens with zero attached hydrogens (tertiary/aromatic N) is 1. The highest BCUT2D eigenvalue weighted by Crippen LogP contribution is 2.32. The van der Waals surface area contributed by atoms with Crippen LogP contribution in [0.4, 0.5) is 10.7 Å². The van der Waals surface area contributed by atoms with Crippen LogP contribution < -0.4 is 10.2 Å². The summed E-state index contributed by atoms with van der Waals surface area (Å²) >= 11 is 1.38. The number of hydrogen-bond donors (Lipinski definition) is 1. The number of hydrogen-bond acceptors (Lipinski definition) is 5. The van der Waals surface area contributed by atoms with Crippen molar-refractivity contribution in [2.24, 2.45) is 0 Å². The van der Waals surface area contributed by atoms with Crippen LogP contribution >= 0.6 is 11.3 Å². The molecule has 2 rings (SSSR count). The normalized spacial score (nSPS) is 10.3. The van der Waals surface area contributed by atoms with E-state index in [0.717, 1.165) is 16.1 Å². The number of benzene rings is 1. The minimum Gasteiger partial charge on any atom is -0.465 e. The summed E-state index contributed by atoms with van der Waals surface area (Å²) in [4.78, 5) is 27.0. The maximum Gasteiger partial charge on any atom is 0.341 e. The zero-order valence-electron chi connectivity index (χ0n) is 13.7. The van der Waals surface area contributed by atoms with Gasteiger partial charge in [0.15, 0.2) is 0 Å². The molecule has 0 aliphatic carbocycles. The lowest BCUT2D eigenvalue weighted by Crippen LogP contribution is -2.30. The van der Waals surface area contributed by atoms with Crippen LogP contribution in [0.2, 0.25) is 0 Å². The Bertz CT molecular complexity index is 710. The second-order valence-electron chi connectivity index (χ2n) is 5.22. The van der Waals surface area contributed by atoms with Crippen LogP contribution in [0.3, 0.4) is 0 Å². The summed E-state index contributed by atoms with van der Waals surface area (Å²) in [5.41, 5.74) is 2.23. The van der Waals surface area contributed by atoms with Gasteiger partial charge in [0.25, 0.3) is 0 Å². The first-order chi connectivity index (χ1) is 10.9. The Morgan fingerprint density at radius 3 is 2.48 bits per heavy atom. The van der Waals surface area contributed by atoms with Crippen molar-refractivity contribution in [2.45, 2.75) is 13.8 Å². The predicted molar refractivity (Wildman–Crippen MR) is 93.5 cm³/mol. The maximum atomic E-state index is 12.3. The second-order valence-corrected chi connectivity index (χ2v) is 6.44. The number of rotatable bonds is 5. The summed E-state index contributed by atoms with van der Waals surface area (Å²) in [5, 5.41) is 3.37. The van der Waals surface area contributed by atoms with Gasteiger partial charge in [-0.05, 0) is 31.5 Å². The first kappa shape index (κ1) is 17.0. The number of amides is 1. The van der Waals surface area contributed by atoms with E-state index in [1.54, 1.807) is 0 Å². The SMILES string of the molecule is COC(=O)c1c(NC(=O)CN(C)c2ccccc2)sc(C)c1C. The lowest BCUT2D eigenvalue weighted by atomic mass is 10.1. The number of thiophene rings is 1. The Morgan fingerprint density at radius 2 is 1.87 bits per heavy atom. The molecule has 0 saturated heterocycles. The Morgan fingerprint density at radius 1 is 1.22 bits per heavy atom. The number of anilines is 2. The van der Waals surface area contributed by atoms with Gasteiger partial charge in [-0.2, -0.15) is 0 Å². The Labute approximate surface area is 139 Å². The average Bonchev–Trinajstić information content (AvgIpc) is 2.81. The molecule has 0 unspecified atom stereocenters. The van der Waals surface area contributed by atoms with E-state index >= 15 is 0 Å². The third kappa shape index (κ3) is 3.90. The molecule has 5 nitrogen and oxygen atoms in total. The van der Waals surface area contributed by atoms with Gasteiger partial charge in [-0.1, -0.05) is 18.2 Å². The van der Waals surface area contributed by atoms with E-state index in [1.165, 1.54) is 18.4 Å². The molecule has 0 bridgehead atoms. The molecule has 1 amide bonds. The Hall–Kier alpha value is -2.34. The van der Waals surface area contributed by atoms with Gasteiger partial charge in [-0.15, -0.1) is 11.3 Å². The summed E-state index contributed by atoms with van der Waals surface area (Å²) in [6.45, 7) is 3.96. The zero-order chi connectivity index (χ0) is 17.0. The number of ether oxygens (including phenoxy) is 1. The first-order valence-electron chi connectivity index (χ1n) is 7.18. The summed E-state index contributed by atoms with van der Waals surface area (Å²) in [7, 11) is 3.19. The minimum atomic E-state index is -0.432. The van der Waals surface area contributed by atoms with E-state index in [0.29, 0.717) is 10.6 Å². The topological polar surface area (TPSA) is 58.6 Å². The van der Waals surface area contributed by atoms with Gasteiger partial charge in [0.1, 0.15) is 5.00 Å². The Balaban J connectivity index is 2.12. The fourth-order valence-corrected chi connectivity index (χ4v) is 3.28. The number of carbonyl (C=O) groups excluding carboxylic acids is 2. The van der Waals surface area contributed by atoms with Crippen molar-refractivity contribution in [1.29, 1.82) is 0 Å². The first-order valence-corrected chi connectivity index (χ1v) is 8.00. The Kier molecular flexibility index (Phi) is 5.39. The van der Waals surface area contributed by atoms with E-state index in [9.17, 15) is 9.59 Å². The number of methoxy groups -OCH3 is 1. The van der Waals surface area contributed by atoms with Crippen molar-refractivity contribution < 1.29 is 14.3 Å². The molecule has 6 heteroatoms. The maximum absolute atomic E-state index is 12.3. The lowest BCUT2D eigenvalue weighted by Gasteiger charge is -2.18. The third-order valence-electron chi connectivity index (χ3n) is 3.61. The zero-order valence-corrected chi connectivity index (χ0v) is 14.5. The summed E-state index contributed by atoms with van der Waals surface area (Å²) in [6.07, 6.45) is 0. The standard InChI is InChI=1S/C17H20N2O3S/c1-11-12(2)23-16(15(11)17(21)22-4)18-14(20)10-19(3)13-8-6-5-7-9-13/h5-9H,10H2,1-4H3,(H,18,20). The number of nitrogens with one attached hydrogen (secondary N) is 1. The summed E-state index contributed by atoms with van der Waals surface area (Å²) in [6, 6.07) is 9.65. The number of carbonyl (C=O) groups is 2. The third-order valence-corrected chi connectivity index (χ3v) is 4.73. The van der Waals surface area contributed by atoms with Crippen molar-refractivity contribution >= 4 is 33.9 Å². The number of esters is 1. The molecule has 0 spiro atoms. The van der Waals surface area contributed by atoms with Gasteiger partial charge >= 0.3 is 5.97 Å². The number of aryl methyl sites for hydroxylation is 1. The summed E-state index contributed by atoms with van der Waals surface area (Å²) < 4.78 is 4.81. The smallest absolute Gasteiger partial charge is 0.341 e. The van der Waals surface area contributed by atoms with Gasteiger partial charge < -0.3 is 15.0 Å². The minimum absolute atomic E-state index is 0.178. The van der Waals surface area contributed by atoms with Gasteiger partial charge in [-0.25, -0.2) is 4.79 Å². The van der Waals surface area contributed by atoms with Gasteiger partial charge in [0, 0.05) is 17.6 Å². The molecule has 0 fully saturated rings. The van der Waals surface area contributed by atoms with Crippen molar-refractivity contribution in [1.82, 2.24) is 0 Å². The van der Waals surface area contributed by atoms with Crippen LogP contribution in [-0.2, 0) is 9.53 Å². The predicted octanol–water partition coefficient (Wildman–Crippen LogP) is 3.23. The molecule has 0 atom stereocenters. The van der Waals surface area contributed by atoms with Crippen LogP contribution in [0.15, 0.2) is 30.3 Å². The number of likely N-dealkylation sites (N-methyl/N-ethyl adjacent to an activating group) is 1. The second kappa shape index (κ2) is 7.28. The molecule has 0 aliphatic heterocycles. The van der Waals surface area contributed by atoms with Crippen LogP contribution in [0.25, 0.3) is 0 Å². The van der Waals surface area contributed by atoms with E-state index in [-0.39, 0.29) is 12.5 Å². The molecule has 0 radical (unpaired) electrons. The molecule has 2 aromatic rings. The fraction of sp³-hybridized carbons (Fsp3) is 0.294. The monoisotopic (exact) mass is 332 g/mol.